The molecule has 1 atom stereocenters. The van der Waals surface area contributed by atoms with Crippen LogP contribution in [0.15, 0.2) is 18.3 Å². The van der Waals surface area contributed by atoms with E-state index >= 15 is 0 Å². The molecule has 1 aromatic rings. The van der Waals surface area contributed by atoms with Crippen molar-refractivity contribution in [2.45, 2.75) is 12.5 Å². The second-order valence-corrected chi connectivity index (χ2v) is 2.60. The van der Waals surface area contributed by atoms with Gasteiger partial charge in [-0.05, 0) is 11.6 Å². The van der Waals surface area contributed by atoms with Gasteiger partial charge in [-0.25, -0.2) is 4.98 Å². The maximum atomic E-state index is 10.4. The third-order valence-corrected chi connectivity index (χ3v) is 1.82. The van der Waals surface area contributed by atoms with Gasteiger partial charge in [-0.2, -0.15) is 0 Å². The van der Waals surface area contributed by atoms with Gasteiger partial charge >= 0.3 is 0 Å². The van der Waals surface area contributed by atoms with E-state index in [1.54, 1.807) is 6.20 Å². The Morgan fingerprint density at radius 3 is 3.36 bits per heavy atom. The number of hydrogen-bond donors (Lipinski definition) is 1. The zero-order chi connectivity index (χ0) is 7.68. The Bertz CT molecular complexity index is 260. The molecule has 0 radical (unpaired) electrons. The highest BCUT2D eigenvalue weighted by molar-refractivity contribution is 5.69. The Labute approximate surface area is 64.5 Å². The number of rotatable bonds is 1. The molecule has 0 spiro atoms. The quantitative estimate of drug-likeness (QED) is 0.593. The second kappa shape index (κ2) is 2.34. The molecule has 56 valence electrons. The lowest BCUT2D eigenvalue weighted by Crippen LogP contribution is -2.16. The number of aromatic nitrogens is 1. The number of pyridine rings is 1. The summed E-state index contributed by atoms with van der Waals surface area (Å²) in [6.45, 7) is 0. The van der Waals surface area contributed by atoms with Gasteiger partial charge in [0.05, 0.1) is 6.04 Å². The van der Waals surface area contributed by atoms with Crippen LogP contribution in [0.25, 0.3) is 0 Å². The predicted molar refractivity (Wildman–Crippen MR) is 41.4 cm³/mol. The molecule has 0 saturated carbocycles. The lowest BCUT2D eigenvalue weighted by atomic mass is 10.2. The van der Waals surface area contributed by atoms with Crippen LogP contribution in [0.1, 0.15) is 5.56 Å². The summed E-state index contributed by atoms with van der Waals surface area (Å²) in [5.41, 5.74) is 1.13. The molecule has 0 aliphatic carbocycles. The molecular formula is C8H8N2O. The highest BCUT2D eigenvalue weighted by Gasteiger charge is 2.19. The fourth-order valence-corrected chi connectivity index (χ4v) is 1.28. The van der Waals surface area contributed by atoms with Gasteiger partial charge in [0.2, 0.25) is 0 Å². The third-order valence-electron chi connectivity index (χ3n) is 1.82. The third kappa shape index (κ3) is 0.981. The average Bonchev–Trinajstić information content (AvgIpc) is 2.46. The predicted octanol–water partition coefficient (Wildman–Crippen LogP) is 0.617. The van der Waals surface area contributed by atoms with Crippen LogP contribution < -0.4 is 5.32 Å². The Morgan fingerprint density at radius 2 is 2.64 bits per heavy atom. The van der Waals surface area contributed by atoms with Crippen LogP contribution in [0.4, 0.5) is 5.82 Å². The summed E-state index contributed by atoms with van der Waals surface area (Å²) in [7, 11) is 0. The molecule has 2 rings (SSSR count). The molecule has 0 bridgehead atoms. The Hall–Kier alpha value is -1.38. The minimum atomic E-state index is -0.0695. The minimum absolute atomic E-state index is 0.0695. The highest BCUT2D eigenvalue weighted by Crippen LogP contribution is 2.20. The molecule has 1 aliphatic rings. The van der Waals surface area contributed by atoms with Crippen molar-refractivity contribution in [3.8, 4) is 0 Å². The number of anilines is 1. The van der Waals surface area contributed by atoms with Crippen molar-refractivity contribution in [3.05, 3.63) is 23.9 Å². The standard InChI is InChI=1S/C8H8N2O/c11-5-7-4-6-2-1-3-9-8(6)10-7/h1-3,5,7H,4H2,(H,9,10). The van der Waals surface area contributed by atoms with Gasteiger partial charge in [-0.15, -0.1) is 0 Å². The number of carbonyl (C=O) groups excluding carboxylic acids is 1. The molecule has 3 heteroatoms. The van der Waals surface area contributed by atoms with Gasteiger partial charge in [0.1, 0.15) is 12.1 Å². The number of fused-ring (bicyclic) bond motifs is 1. The molecule has 1 unspecified atom stereocenters. The topological polar surface area (TPSA) is 42.0 Å². The molecule has 3 nitrogen and oxygen atoms in total. The summed E-state index contributed by atoms with van der Waals surface area (Å²) in [5.74, 6) is 0.851. The van der Waals surface area contributed by atoms with Crippen LogP contribution in [-0.4, -0.2) is 17.3 Å². The Balaban J connectivity index is 2.33. The molecule has 1 aromatic heterocycles. The van der Waals surface area contributed by atoms with Gasteiger partial charge in [-0.3, -0.25) is 0 Å². The van der Waals surface area contributed by atoms with Crippen LogP contribution in [-0.2, 0) is 11.2 Å². The van der Waals surface area contributed by atoms with Gasteiger partial charge < -0.3 is 10.1 Å². The maximum Gasteiger partial charge on any atom is 0.142 e. The van der Waals surface area contributed by atoms with Crippen LogP contribution in [0, 0.1) is 0 Å². The van der Waals surface area contributed by atoms with Crippen molar-refractivity contribution < 1.29 is 4.79 Å². The first-order chi connectivity index (χ1) is 5.40. The van der Waals surface area contributed by atoms with Crippen LogP contribution in [0.5, 0.6) is 0 Å². The number of aldehydes is 1. The zero-order valence-corrected chi connectivity index (χ0v) is 5.95. The first kappa shape index (κ1) is 6.34. The van der Waals surface area contributed by atoms with E-state index in [2.05, 4.69) is 10.3 Å². The van der Waals surface area contributed by atoms with E-state index in [0.29, 0.717) is 0 Å². The smallest absolute Gasteiger partial charge is 0.142 e. The summed E-state index contributed by atoms with van der Waals surface area (Å²) in [6, 6.07) is 3.80. The monoisotopic (exact) mass is 148 g/mol. The van der Waals surface area contributed by atoms with E-state index in [1.807, 2.05) is 12.1 Å². The average molecular weight is 148 g/mol. The van der Waals surface area contributed by atoms with E-state index in [0.717, 1.165) is 24.1 Å². The molecule has 2 heterocycles. The fraction of sp³-hybridized carbons (Fsp3) is 0.250. The van der Waals surface area contributed by atoms with Crippen molar-refractivity contribution in [1.82, 2.24) is 4.98 Å². The number of hydrogen-bond acceptors (Lipinski definition) is 3. The van der Waals surface area contributed by atoms with Crippen molar-refractivity contribution >= 4 is 12.1 Å². The molecule has 11 heavy (non-hydrogen) atoms. The second-order valence-electron chi connectivity index (χ2n) is 2.60. The van der Waals surface area contributed by atoms with E-state index in [9.17, 15) is 4.79 Å². The minimum Gasteiger partial charge on any atom is -0.360 e. The molecule has 1 aliphatic heterocycles. The van der Waals surface area contributed by atoms with Crippen molar-refractivity contribution in [2.24, 2.45) is 0 Å². The SMILES string of the molecule is O=CC1Cc2cccnc2N1. The van der Waals surface area contributed by atoms with Crippen LogP contribution in [0.3, 0.4) is 0 Å². The number of carbonyl (C=O) groups is 1. The van der Waals surface area contributed by atoms with E-state index in [-0.39, 0.29) is 6.04 Å². The van der Waals surface area contributed by atoms with E-state index in [4.69, 9.17) is 0 Å². The van der Waals surface area contributed by atoms with Crippen molar-refractivity contribution in [1.29, 1.82) is 0 Å². The van der Waals surface area contributed by atoms with Gasteiger partial charge in [-0.1, -0.05) is 6.07 Å². The van der Waals surface area contributed by atoms with Gasteiger partial charge in [0, 0.05) is 12.6 Å². The summed E-state index contributed by atoms with van der Waals surface area (Å²) in [5, 5.41) is 3.00. The Morgan fingerprint density at radius 1 is 1.73 bits per heavy atom. The van der Waals surface area contributed by atoms with Gasteiger partial charge in [0.25, 0.3) is 0 Å². The zero-order valence-electron chi connectivity index (χ0n) is 5.95. The van der Waals surface area contributed by atoms with Crippen molar-refractivity contribution in [2.75, 3.05) is 5.32 Å². The first-order valence-corrected chi connectivity index (χ1v) is 3.56. The molecule has 1 N–H and O–H groups in total. The van der Waals surface area contributed by atoms with Gasteiger partial charge in [0.15, 0.2) is 0 Å². The highest BCUT2D eigenvalue weighted by atomic mass is 16.1. The summed E-state index contributed by atoms with van der Waals surface area (Å²) in [6.07, 6.45) is 3.41. The molecule has 0 fully saturated rings. The number of nitrogens with one attached hydrogen (secondary N) is 1. The first-order valence-electron chi connectivity index (χ1n) is 3.56. The summed E-state index contributed by atoms with van der Waals surface area (Å²) < 4.78 is 0. The summed E-state index contributed by atoms with van der Waals surface area (Å²) >= 11 is 0. The molecule has 0 amide bonds. The van der Waals surface area contributed by atoms with Crippen molar-refractivity contribution in [3.63, 3.8) is 0 Å². The Kier molecular flexibility index (Phi) is 1.35. The lowest BCUT2D eigenvalue weighted by molar-refractivity contribution is -0.108. The number of nitrogens with zero attached hydrogens (tertiary/aromatic N) is 1. The van der Waals surface area contributed by atoms with E-state index < -0.39 is 0 Å². The van der Waals surface area contributed by atoms with Crippen LogP contribution >= 0.6 is 0 Å². The maximum absolute atomic E-state index is 10.4. The normalized spacial score (nSPS) is 20.5. The summed E-state index contributed by atoms with van der Waals surface area (Å²) in [4.78, 5) is 14.5. The lowest BCUT2D eigenvalue weighted by Gasteiger charge is -1.98. The molecule has 0 saturated heterocycles. The van der Waals surface area contributed by atoms with E-state index in [1.165, 1.54) is 0 Å². The fourth-order valence-electron chi connectivity index (χ4n) is 1.28. The van der Waals surface area contributed by atoms with Crippen LogP contribution in [0.2, 0.25) is 0 Å². The largest absolute Gasteiger partial charge is 0.360 e. The molecule has 0 aromatic carbocycles. The molecular weight excluding hydrogens is 140 g/mol.